The fraction of sp³-hybridized carbons (Fsp3) is 0.667. The summed E-state index contributed by atoms with van der Waals surface area (Å²) in [4.78, 5) is 2.40. The molecule has 112 valence electrons. The molecule has 0 bridgehead atoms. The second kappa shape index (κ2) is 5.77. The van der Waals surface area contributed by atoms with Crippen molar-refractivity contribution in [2.75, 3.05) is 18.5 Å². The maximum Gasteiger partial charge on any atom is 0.0366 e. The predicted molar refractivity (Wildman–Crippen MR) is 88.3 cm³/mol. The third kappa shape index (κ3) is 4.24. The Morgan fingerprint density at radius 3 is 2.45 bits per heavy atom. The highest BCUT2D eigenvalue weighted by molar-refractivity contribution is 5.50. The van der Waals surface area contributed by atoms with Crippen molar-refractivity contribution < 1.29 is 0 Å². The van der Waals surface area contributed by atoms with Gasteiger partial charge in [-0.25, -0.2) is 0 Å². The van der Waals surface area contributed by atoms with Crippen LogP contribution in [-0.4, -0.2) is 19.1 Å². The Kier molecular flexibility index (Phi) is 4.43. The van der Waals surface area contributed by atoms with Gasteiger partial charge >= 0.3 is 0 Å². The summed E-state index contributed by atoms with van der Waals surface area (Å²) in [7, 11) is 2.22. The van der Waals surface area contributed by atoms with E-state index in [0.29, 0.717) is 0 Å². The number of benzene rings is 1. The minimum absolute atomic E-state index is 0.171. The molecule has 1 aliphatic rings. The van der Waals surface area contributed by atoms with Crippen molar-refractivity contribution in [3.63, 3.8) is 0 Å². The van der Waals surface area contributed by atoms with Gasteiger partial charge in [0.15, 0.2) is 0 Å². The maximum atomic E-state index is 3.56. The van der Waals surface area contributed by atoms with Crippen LogP contribution in [0.25, 0.3) is 0 Å². The zero-order chi connectivity index (χ0) is 14.9. The summed E-state index contributed by atoms with van der Waals surface area (Å²) in [5.41, 5.74) is 4.30. The molecule has 0 spiro atoms. The molecule has 0 saturated heterocycles. The molecule has 0 amide bonds. The highest BCUT2D eigenvalue weighted by Crippen LogP contribution is 2.38. The molecule has 0 aromatic heterocycles. The minimum Gasteiger partial charge on any atom is -0.374 e. The van der Waals surface area contributed by atoms with Gasteiger partial charge in [-0.05, 0) is 69.2 Å². The summed E-state index contributed by atoms with van der Waals surface area (Å²) in [6.45, 7) is 13.3. The van der Waals surface area contributed by atoms with Gasteiger partial charge in [0.25, 0.3) is 0 Å². The van der Waals surface area contributed by atoms with E-state index in [4.69, 9.17) is 0 Å². The second-order valence-electron chi connectivity index (χ2n) is 7.57. The molecule has 2 atom stereocenters. The molecule has 2 unspecified atom stereocenters. The molecule has 1 saturated carbocycles. The van der Waals surface area contributed by atoms with E-state index in [1.165, 1.54) is 29.8 Å². The van der Waals surface area contributed by atoms with Crippen molar-refractivity contribution in [3.8, 4) is 0 Å². The van der Waals surface area contributed by atoms with Crippen molar-refractivity contribution in [2.45, 2.75) is 53.1 Å². The number of nitrogens with zero attached hydrogens (tertiary/aromatic N) is 1. The third-order valence-corrected chi connectivity index (χ3v) is 4.36. The Hall–Kier alpha value is -1.02. The minimum atomic E-state index is 0.171. The first kappa shape index (κ1) is 15.4. The summed E-state index contributed by atoms with van der Waals surface area (Å²) in [5, 5.41) is 3.56. The van der Waals surface area contributed by atoms with Gasteiger partial charge in [-0.3, -0.25) is 0 Å². The molecule has 2 rings (SSSR count). The first-order valence-corrected chi connectivity index (χ1v) is 7.82. The molecule has 2 heteroatoms. The molecular formula is C18H30N2. The summed E-state index contributed by atoms with van der Waals surface area (Å²) in [6.07, 6.45) is 1.40. The lowest BCUT2D eigenvalue weighted by Crippen LogP contribution is -2.35. The van der Waals surface area contributed by atoms with Gasteiger partial charge in [0.2, 0.25) is 0 Å². The van der Waals surface area contributed by atoms with Crippen LogP contribution in [0.3, 0.4) is 0 Å². The number of rotatable bonds is 5. The van der Waals surface area contributed by atoms with Crippen LogP contribution in [0.5, 0.6) is 0 Å². The van der Waals surface area contributed by atoms with Gasteiger partial charge in [-0.1, -0.05) is 13.0 Å². The van der Waals surface area contributed by atoms with E-state index >= 15 is 0 Å². The average molecular weight is 274 g/mol. The van der Waals surface area contributed by atoms with E-state index < -0.39 is 0 Å². The molecule has 2 nitrogen and oxygen atoms in total. The topological polar surface area (TPSA) is 15.3 Å². The zero-order valence-corrected chi connectivity index (χ0v) is 14.0. The standard InChI is InChI=1S/C18H30N2/c1-13-9-16(13)12-20(6)17-8-7-15(14(2)10-17)11-19-18(3,4)5/h7-8,10,13,16,19H,9,11-12H2,1-6H3. The smallest absolute Gasteiger partial charge is 0.0366 e. The van der Waals surface area contributed by atoms with E-state index in [-0.39, 0.29) is 5.54 Å². The second-order valence-corrected chi connectivity index (χ2v) is 7.57. The maximum absolute atomic E-state index is 3.56. The predicted octanol–water partition coefficient (Wildman–Crippen LogP) is 3.98. The van der Waals surface area contributed by atoms with Crippen molar-refractivity contribution in [1.82, 2.24) is 5.32 Å². The largest absolute Gasteiger partial charge is 0.374 e. The summed E-state index contributed by atoms with van der Waals surface area (Å²) >= 11 is 0. The van der Waals surface area contributed by atoms with Crippen molar-refractivity contribution in [1.29, 1.82) is 0 Å². The lowest BCUT2D eigenvalue weighted by molar-refractivity contribution is 0.424. The molecule has 1 aromatic carbocycles. The van der Waals surface area contributed by atoms with Crippen LogP contribution in [0.1, 0.15) is 45.2 Å². The van der Waals surface area contributed by atoms with Crippen LogP contribution < -0.4 is 10.2 Å². The zero-order valence-electron chi connectivity index (χ0n) is 14.0. The molecule has 20 heavy (non-hydrogen) atoms. The Morgan fingerprint density at radius 2 is 1.95 bits per heavy atom. The molecule has 1 aromatic rings. The van der Waals surface area contributed by atoms with Crippen LogP contribution in [0.2, 0.25) is 0 Å². The average Bonchev–Trinajstić information content (AvgIpc) is 3.02. The van der Waals surface area contributed by atoms with Crippen LogP contribution >= 0.6 is 0 Å². The van der Waals surface area contributed by atoms with Crippen LogP contribution in [0.4, 0.5) is 5.69 Å². The summed E-state index contributed by atoms with van der Waals surface area (Å²) in [6, 6.07) is 6.86. The quantitative estimate of drug-likeness (QED) is 0.874. The Morgan fingerprint density at radius 1 is 1.30 bits per heavy atom. The SMILES string of the molecule is Cc1cc(N(C)CC2CC2C)ccc1CNC(C)(C)C. The van der Waals surface area contributed by atoms with Crippen molar-refractivity contribution in [3.05, 3.63) is 29.3 Å². The van der Waals surface area contributed by atoms with E-state index in [1.807, 2.05) is 0 Å². The summed E-state index contributed by atoms with van der Waals surface area (Å²) in [5.74, 6) is 1.83. The van der Waals surface area contributed by atoms with Gasteiger partial charge in [0.05, 0.1) is 0 Å². The van der Waals surface area contributed by atoms with Gasteiger partial charge in [-0.2, -0.15) is 0 Å². The number of nitrogens with one attached hydrogen (secondary N) is 1. The third-order valence-electron chi connectivity index (χ3n) is 4.36. The molecule has 0 heterocycles. The number of anilines is 1. The highest BCUT2D eigenvalue weighted by atomic mass is 15.1. The van der Waals surface area contributed by atoms with Crippen molar-refractivity contribution >= 4 is 5.69 Å². The first-order chi connectivity index (χ1) is 9.26. The highest BCUT2D eigenvalue weighted by Gasteiger charge is 2.33. The molecule has 1 aliphatic carbocycles. The number of hydrogen-bond donors (Lipinski definition) is 1. The molecular weight excluding hydrogens is 244 g/mol. The van der Waals surface area contributed by atoms with E-state index in [2.05, 4.69) is 70.1 Å². The van der Waals surface area contributed by atoms with E-state index in [9.17, 15) is 0 Å². The van der Waals surface area contributed by atoms with Gasteiger partial charge in [0.1, 0.15) is 0 Å². The lowest BCUT2D eigenvalue weighted by atomic mass is 10.0. The van der Waals surface area contributed by atoms with Gasteiger partial charge in [0, 0.05) is 31.4 Å². The van der Waals surface area contributed by atoms with Crippen LogP contribution in [-0.2, 0) is 6.54 Å². The fourth-order valence-electron chi connectivity index (χ4n) is 2.59. The molecule has 1 N–H and O–H groups in total. The number of aryl methyl sites for hydroxylation is 1. The molecule has 1 fully saturated rings. The number of hydrogen-bond acceptors (Lipinski definition) is 2. The molecule has 0 radical (unpaired) electrons. The molecule has 0 aliphatic heterocycles. The fourth-order valence-corrected chi connectivity index (χ4v) is 2.59. The normalized spacial score (nSPS) is 21.9. The lowest BCUT2D eigenvalue weighted by Gasteiger charge is -2.23. The van der Waals surface area contributed by atoms with Gasteiger partial charge < -0.3 is 10.2 Å². The van der Waals surface area contributed by atoms with Gasteiger partial charge in [-0.15, -0.1) is 0 Å². The monoisotopic (exact) mass is 274 g/mol. The van der Waals surface area contributed by atoms with E-state index in [0.717, 1.165) is 18.4 Å². The Labute approximate surface area is 124 Å². The summed E-state index contributed by atoms with van der Waals surface area (Å²) < 4.78 is 0. The Balaban J connectivity index is 1.97. The van der Waals surface area contributed by atoms with Crippen LogP contribution in [0, 0.1) is 18.8 Å². The van der Waals surface area contributed by atoms with E-state index in [1.54, 1.807) is 0 Å². The first-order valence-electron chi connectivity index (χ1n) is 7.82. The Bertz CT molecular complexity index is 459. The van der Waals surface area contributed by atoms with Crippen LogP contribution in [0.15, 0.2) is 18.2 Å². The van der Waals surface area contributed by atoms with Crippen molar-refractivity contribution in [2.24, 2.45) is 11.8 Å².